The molecule has 2 saturated heterocycles. The molecule has 0 spiro atoms. The molecule has 204 valence electrons. The van der Waals surface area contributed by atoms with E-state index in [1.807, 2.05) is 0 Å². The first kappa shape index (κ1) is 26.1. The number of H-pyrrole nitrogens is 1. The van der Waals surface area contributed by atoms with Gasteiger partial charge in [-0.1, -0.05) is 35.9 Å². The summed E-state index contributed by atoms with van der Waals surface area (Å²) in [7, 11) is -2.65. The van der Waals surface area contributed by atoms with Gasteiger partial charge in [0.05, 0.1) is 29.4 Å². The molecule has 0 aliphatic carbocycles. The number of ether oxygens (including phenoxy) is 3. The van der Waals surface area contributed by atoms with E-state index >= 15 is 0 Å². The highest BCUT2D eigenvalue weighted by atomic mass is 35.5. The molecule has 2 N–H and O–H groups in total. The van der Waals surface area contributed by atoms with Crippen LogP contribution in [-0.4, -0.2) is 74.4 Å². The number of benzene rings is 2. The number of nitrogens with one attached hydrogen (secondary N) is 1. The molecule has 2 fully saturated rings. The lowest BCUT2D eigenvalue weighted by atomic mass is 10.0. The highest BCUT2D eigenvalue weighted by Gasteiger charge is 2.48. The zero-order valence-corrected chi connectivity index (χ0v) is 22.3. The maximum absolute atomic E-state index is 14.8. The van der Waals surface area contributed by atoms with Gasteiger partial charge in [0.2, 0.25) is 0 Å². The molecular formula is C26H23ClF2N4O5S. The van der Waals surface area contributed by atoms with E-state index in [4.69, 9.17) is 25.8 Å². The zero-order chi connectivity index (χ0) is 27.5. The van der Waals surface area contributed by atoms with Gasteiger partial charge in [0.1, 0.15) is 24.0 Å². The fourth-order valence-corrected chi connectivity index (χ4v) is 5.59. The normalized spacial score (nSPS) is 22.8. The Hall–Kier alpha value is -3.16. The predicted molar refractivity (Wildman–Crippen MR) is 142 cm³/mol. The molecule has 0 amide bonds. The maximum atomic E-state index is 14.8. The van der Waals surface area contributed by atoms with Crippen LogP contribution < -0.4 is 4.74 Å². The van der Waals surface area contributed by atoms with Crippen molar-refractivity contribution in [1.82, 2.24) is 15.0 Å². The van der Waals surface area contributed by atoms with Crippen LogP contribution >= 0.6 is 11.6 Å². The fourth-order valence-electron chi connectivity index (χ4n) is 4.72. The lowest BCUT2D eigenvalue weighted by Crippen LogP contribution is -2.34. The van der Waals surface area contributed by atoms with Gasteiger partial charge < -0.3 is 24.3 Å². The number of aliphatic hydroxyl groups is 1. The second-order valence-electron chi connectivity index (χ2n) is 9.66. The van der Waals surface area contributed by atoms with Crippen LogP contribution in [0.1, 0.15) is 0 Å². The van der Waals surface area contributed by atoms with Gasteiger partial charge >= 0.3 is 0 Å². The zero-order valence-electron chi connectivity index (χ0n) is 20.7. The standard InChI is InChI=1S/C26H23ClF2N4O5S/c1-39(2,35)33-16-8-7-14(20(28)21(16)29)12-3-5-13(6-4-12)22-15(27)9-17-25(31-22)32-26(30-17)38-19-11-37-23-18(34)10-36-24(19)23/h3-9,18-19,23-24,34H,10-11H2,1-2H3,(H,30,31,32)/t18-,19-,23-,24-/m1/s1. The molecule has 0 radical (unpaired) electrons. The number of hydrogen-bond acceptors (Lipinski definition) is 8. The summed E-state index contributed by atoms with van der Waals surface area (Å²) in [5, 5.41) is 10.3. The van der Waals surface area contributed by atoms with Crippen molar-refractivity contribution >= 4 is 38.2 Å². The minimum absolute atomic E-state index is 0.0391. The molecule has 6 rings (SSSR count). The number of imidazole rings is 1. The topological polar surface area (TPSA) is 119 Å². The molecular weight excluding hydrogens is 554 g/mol. The Morgan fingerprint density at radius 3 is 2.51 bits per heavy atom. The molecule has 2 aromatic heterocycles. The monoisotopic (exact) mass is 576 g/mol. The Balaban J connectivity index is 1.25. The van der Waals surface area contributed by atoms with Gasteiger partial charge in [-0.3, -0.25) is 0 Å². The van der Waals surface area contributed by atoms with Crippen LogP contribution in [0.15, 0.2) is 46.8 Å². The Morgan fingerprint density at radius 1 is 1.05 bits per heavy atom. The Kier molecular flexibility index (Phi) is 6.55. The third-order valence-corrected chi connectivity index (χ3v) is 7.42. The SMILES string of the molecule is CS(C)(=O)=Nc1ccc(-c2ccc(-c3nc4nc(O[C@@H]5CO[C@H]6[C@@H]5OC[C@H]6O)[nH]c4cc3Cl)cc2)c(F)c1F. The third-order valence-electron chi connectivity index (χ3n) is 6.50. The van der Waals surface area contributed by atoms with E-state index in [-0.39, 0.29) is 36.6 Å². The molecule has 4 aromatic rings. The summed E-state index contributed by atoms with van der Waals surface area (Å²) >= 11 is 6.52. The van der Waals surface area contributed by atoms with E-state index in [9.17, 15) is 18.1 Å². The highest BCUT2D eigenvalue weighted by Crippen LogP contribution is 2.35. The fraction of sp³-hybridized carbons (Fsp3) is 0.308. The Morgan fingerprint density at radius 2 is 1.77 bits per heavy atom. The van der Waals surface area contributed by atoms with E-state index < -0.39 is 39.7 Å². The number of hydrogen-bond donors (Lipinski definition) is 2. The van der Waals surface area contributed by atoms with E-state index in [1.54, 1.807) is 30.3 Å². The van der Waals surface area contributed by atoms with Crippen molar-refractivity contribution in [3.63, 3.8) is 0 Å². The Labute approximate surface area is 227 Å². The quantitative estimate of drug-likeness (QED) is 0.359. The number of rotatable bonds is 5. The number of pyridine rings is 1. The van der Waals surface area contributed by atoms with E-state index in [0.29, 0.717) is 33.0 Å². The maximum Gasteiger partial charge on any atom is 0.296 e. The molecule has 2 aliphatic rings. The predicted octanol–water partition coefficient (Wildman–Crippen LogP) is 4.49. The first-order chi connectivity index (χ1) is 18.6. The molecule has 39 heavy (non-hydrogen) atoms. The first-order valence-corrected chi connectivity index (χ1v) is 14.7. The summed E-state index contributed by atoms with van der Waals surface area (Å²) in [5.41, 5.74) is 2.19. The summed E-state index contributed by atoms with van der Waals surface area (Å²) in [6.45, 7) is 0.451. The molecule has 0 saturated carbocycles. The van der Waals surface area contributed by atoms with Gasteiger partial charge in [0.25, 0.3) is 6.01 Å². The number of halogens is 3. The largest absolute Gasteiger partial charge is 0.456 e. The molecule has 4 heterocycles. The second-order valence-corrected chi connectivity index (χ2v) is 12.6. The molecule has 0 bridgehead atoms. The van der Waals surface area contributed by atoms with Gasteiger partial charge in [-0.25, -0.2) is 18.0 Å². The smallest absolute Gasteiger partial charge is 0.296 e. The van der Waals surface area contributed by atoms with Gasteiger partial charge in [-0.15, -0.1) is 0 Å². The van der Waals surface area contributed by atoms with Crippen molar-refractivity contribution in [3.8, 4) is 28.4 Å². The van der Waals surface area contributed by atoms with E-state index in [0.717, 1.165) is 0 Å². The number of fused-ring (bicyclic) bond motifs is 2. The lowest BCUT2D eigenvalue weighted by Gasteiger charge is -2.15. The van der Waals surface area contributed by atoms with Crippen molar-refractivity contribution in [2.75, 3.05) is 25.7 Å². The first-order valence-electron chi connectivity index (χ1n) is 12.0. The minimum Gasteiger partial charge on any atom is -0.456 e. The van der Waals surface area contributed by atoms with Crippen molar-refractivity contribution < 1.29 is 32.3 Å². The summed E-state index contributed by atoms with van der Waals surface area (Å²) in [5.74, 6) is -2.24. The average molecular weight is 577 g/mol. The van der Waals surface area contributed by atoms with Gasteiger partial charge in [-0.2, -0.15) is 9.35 Å². The van der Waals surface area contributed by atoms with Crippen LogP contribution in [0.2, 0.25) is 5.02 Å². The summed E-state index contributed by atoms with van der Waals surface area (Å²) in [6, 6.07) is 11.2. The highest BCUT2D eigenvalue weighted by molar-refractivity contribution is 7.92. The summed E-state index contributed by atoms with van der Waals surface area (Å²) in [6.07, 6.45) is 0.765. The van der Waals surface area contributed by atoms with Gasteiger partial charge in [0.15, 0.2) is 23.4 Å². The van der Waals surface area contributed by atoms with Crippen LogP contribution in [0.3, 0.4) is 0 Å². The summed E-state index contributed by atoms with van der Waals surface area (Å²) in [4.78, 5) is 12.0. The van der Waals surface area contributed by atoms with E-state index in [1.165, 1.54) is 24.6 Å². The number of nitrogens with zero attached hydrogens (tertiary/aromatic N) is 3. The van der Waals surface area contributed by atoms with Crippen LogP contribution in [-0.2, 0) is 19.2 Å². The second kappa shape index (κ2) is 9.79. The molecule has 13 heteroatoms. The van der Waals surface area contributed by atoms with Crippen LogP contribution in [0, 0.1) is 11.6 Å². The number of aromatic amines is 1. The molecule has 9 nitrogen and oxygen atoms in total. The minimum atomic E-state index is -2.65. The molecule has 2 aliphatic heterocycles. The van der Waals surface area contributed by atoms with Crippen LogP contribution in [0.5, 0.6) is 6.01 Å². The average Bonchev–Trinajstić information content (AvgIpc) is 3.58. The summed E-state index contributed by atoms with van der Waals surface area (Å²) < 4.78 is 62.1. The van der Waals surface area contributed by atoms with Crippen LogP contribution in [0.4, 0.5) is 14.5 Å². The molecule has 2 aromatic carbocycles. The Bertz CT molecular complexity index is 1700. The lowest BCUT2D eigenvalue weighted by molar-refractivity contribution is 0.00706. The third kappa shape index (κ3) is 4.98. The van der Waals surface area contributed by atoms with Crippen molar-refractivity contribution in [2.45, 2.75) is 24.4 Å². The van der Waals surface area contributed by atoms with Gasteiger partial charge in [-0.05, 0) is 23.8 Å². The van der Waals surface area contributed by atoms with Crippen molar-refractivity contribution in [1.29, 1.82) is 0 Å². The van der Waals surface area contributed by atoms with Crippen molar-refractivity contribution in [3.05, 3.63) is 59.1 Å². The van der Waals surface area contributed by atoms with Crippen LogP contribution in [0.25, 0.3) is 33.5 Å². The van der Waals surface area contributed by atoms with E-state index in [2.05, 4.69) is 19.3 Å². The van der Waals surface area contributed by atoms with Crippen molar-refractivity contribution in [2.24, 2.45) is 4.36 Å². The number of aromatic nitrogens is 3. The van der Waals surface area contributed by atoms with Gasteiger partial charge in [0, 0.05) is 33.4 Å². The molecule has 0 unspecified atom stereocenters. The molecule has 4 atom stereocenters. The number of aliphatic hydroxyl groups excluding tert-OH is 1.